The Morgan fingerprint density at radius 1 is 1.14 bits per heavy atom. The van der Waals surface area contributed by atoms with Gasteiger partial charge >= 0.3 is 0 Å². The van der Waals surface area contributed by atoms with E-state index in [1.165, 1.54) is 40.9 Å². The van der Waals surface area contributed by atoms with Gasteiger partial charge in [-0.2, -0.15) is 5.10 Å². The molecule has 0 aliphatic carbocycles. The van der Waals surface area contributed by atoms with E-state index < -0.39 is 16.5 Å². The maximum Gasteiger partial charge on any atom is 0.240 e. The predicted octanol–water partition coefficient (Wildman–Crippen LogP) is 5.39. The first-order chi connectivity index (χ1) is 17.5. The second-order valence-corrected chi connectivity index (χ2v) is 11.7. The molecule has 6 nitrogen and oxygen atoms in total. The van der Waals surface area contributed by atoms with Crippen LogP contribution in [0.15, 0.2) is 48.5 Å². The molecule has 9 heteroatoms. The zero-order chi connectivity index (χ0) is 26.9. The molecular weight excluding hydrogens is 494 g/mol. The van der Waals surface area contributed by atoms with Gasteiger partial charge in [0.25, 0.3) is 0 Å². The van der Waals surface area contributed by atoms with Crippen LogP contribution in [0.25, 0.3) is 5.69 Å². The van der Waals surface area contributed by atoms with E-state index >= 15 is 0 Å². The van der Waals surface area contributed by atoms with Gasteiger partial charge in [-0.15, -0.1) is 11.8 Å². The number of anilines is 1. The number of amides is 2. The van der Waals surface area contributed by atoms with Gasteiger partial charge in [-0.25, -0.2) is 13.5 Å². The summed E-state index contributed by atoms with van der Waals surface area (Å²) in [5, 5.41) is 7.42. The summed E-state index contributed by atoms with van der Waals surface area (Å²) in [5.41, 5.74) is 2.28. The minimum atomic E-state index is -0.444. The summed E-state index contributed by atoms with van der Waals surface area (Å²) in [6.45, 7) is 10.3. The molecule has 0 unspecified atom stereocenters. The van der Waals surface area contributed by atoms with Gasteiger partial charge in [0.2, 0.25) is 11.8 Å². The lowest BCUT2D eigenvalue weighted by molar-refractivity contribution is -0.123. The molecule has 196 valence electrons. The van der Waals surface area contributed by atoms with Gasteiger partial charge in [0, 0.05) is 17.5 Å². The number of nitrogens with one attached hydrogen (secondary N) is 1. The molecule has 2 amide bonds. The van der Waals surface area contributed by atoms with Crippen molar-refractivity contribution in [3.05, 3.63) is 77.0 Å². The van der Waals surface area contributed by atoms with Crippen LogP contribution in [0.2, 0.25) is 0 Å². The van der Waals surface area contributed by atoms with Crippen molar-refractivity contribution in [2.75, 3.05) is 23.7 Å². The van der Waals surface area contributed by atoms with Crippen LogP contribution in [-0.2, 0) is 15.0 Å². The lowest BCUT2D eigenvalue weighted by atomic mass is 9.87. The van der Waals surface area contributed by atoms with E-state index in [4.69, 9.17) is 5.10 Å². The van der Waals surface area contributed by atoms with Gasteiger partial charge in [-0.05, 0) is 47.9 Å². The van der Waals surface area contributed by atoms with Crippen molar-refractivity contribution in [3.63, 3.8) is 0 Å². The Hall–Kier alpha value is -3.20. The van der Waals surface area contributed by atoms with Gasteiger partial charge < -0.3 is 5.32 Å². The minimum absolute atomic E-state index is 0.0975. The fourth-order valence-corrected chi connectivity index (χ4v) is 5.47. The Morgan fingerprint density at radius 3 is 2.46 bits per heavy atom. The van der Waals surface area contributed by atoms with Gasteiger partial charge in [0.15, 0.2) is 0 Å². The van der Waals surface area contributed by atoms with Crippen LogP contribution in [0.5, 0.6) is 0 Å². The Morgan fingerprint density at radius 2 is 1.84 bits per heavy atom. The number of rotatable bonds is 6. The summed E-state index contributed by atoms with van der Waals surface area (Å²) >= 11 is 1.38. The minimum Gasteiger partial charge on any atom is -0.354 e. The molecule has 4 rings (SSSR count). The lowest BCUT2D eigenvalue weighted by Crippen LogP contribution is -2.43. The summed E-state index contributed by atoms with van der Waals surface area (Å²) in [5.74, 6) is -0.513. The number of carbonyl (C=O) groups is 2. The van der Waals surface area contributed by atoms with Crippen molar-refractivity contribution in [2.24, 2.45) is 5.92 Å². The maximum absolute atomic E-state index is 14.3. The molecular formula is C28H32F2N4O2S. The highest BCUT2D eigenvalue weighted by atomic mass is 32.2. The largest absolute Gasteiger partial charge is 0.354 e. The summed E-state index contributed by atoms with van der Waals surface area (Å²) in [6, 6.07) is 12.2. The fourth-order valence-electron chi connectivity index (χ4n) is 4.29. The van der Waals surface area contributed by atoms with E-state index in [9.17, 15) is 18.4 Å². The highest BCUT2D eigenvalue weighted by molar-refractivity contribution is 8.00. The average Bonchev–Trinajstić information content (AvgIpc) is 3.16. The molecule has 1 aliphatic rings. The molecule has 0 radical (unpaired) electrons. The lowest BCUT2D eigenvalue weighted by Gasteiger charge is -2.24. The normalized spacial score (nSPS) is 16.1. The maximum atomic E-state index is 14.3. The average molecular weight is 527 g/mol. The van der Waals surface area contributed by atoms with E-state index in [1.54, 1.807) is 22.9 Å². The van der Waals surface area contributed by atoms with Crippen LogP contribution in [0, 0.1) is 17.6 Å². The van der Waals surface area contributed by atoms with E-state index in [0.29, 0.717) is 23.6 Å². The highest BCUT2D eigenvalue weighted by Crippen LogP contribution is 2.48. The van der Waals surface area contributed by atoms with Gasteiger partial charge in [0.1, 0.15) is 24.0 Å². The van der Waals surface area contributed by atoms with Crippen LogP contribution in [0.4, 0.5) is 14.6 Å². The van der Waals surface area contributed by atoms with Gasteiger partial charge in [0.05, 0.1) is 22.4 Å². The monoisotopic (exact) mass is 526 g/mol. The van der Waals surface area contributed by atoms with Crippen LogP contribution >= 0.6 is 11.8 Å². The van der Waals surface area contributed by atoms with Gasteiger partial charge in [-0.3, -0.25) is 14.5 Å². The second kappa shape index (κ2) is 10.7. The first-order valence-electron chi connectivity index (χ1n) is 12.3. The Balaban J connectivity index is 1.96. The molecule has 1 atom stereocenters. The predicted molar refractivity (Wildman–Crippen MR) is 143 cm³/mol. The molecule has 37 heavy (non-hydrogen) atoms. The van der Waals surface area contributed by atoms with Crippen molar-refractivity contribution < 1.29 is 18.4 Å². The van der Waals surface area contributed by atoms with E-state index in [1.807, 2.05) is 40.7 Å². The molecule has 1 aliphatic heterocycles. The summed E-state index contributed by atoms with van der Waals surface area (Å²) in [7, 11) is 0. The van der Waals surface area contributed by atoms with Crippen molar-refractivity contribution >= 4 is 29.4 Å². The summed E-state index contributed by atoms with van der Waals surface area (Å²) in [6.07, 6.45) is 0. The molecule has 0 fully saturated rings. The number of carbonyl (C=O) groups excluding carboxylic acids is 2. The Bertz CT molecular complexity index is 1300. The summed E-state index contributed by atoms with van der Waals surface area (Å²) < 4.78 is 29.7. The number of hydrogen-bond acceptors (Lipinski definition) is 4. The van der Waals surface area contributed by atoms with Crippen LogP contribution in [0.1, 0.15) is 56.7 Å². The molecule has 3 aromatic rings. The number of fused-ring (bicyclic) bond motifs is 1. The number of halogens is 2. The topological polar surface area (TPSA) is 67.2 Å². The van der Waals surface area contributed by atoms with Gasteiger partial charge in [-0.1, -0.05) is 46.8 Å². The molecule has 2 heterocycles. The van der Waals surface area contributed by atoms with E-state index in [2.05, 4.69) is 5.32 Å². The first-order valence-corrected chi connectivity index (χ1v) is 13.3. The molecule has 2 aromatic carbocycles. The molecule has 0 spiro atoms. The van der Waals surface area contributed by atoms with Crippen LogP contribution in [0.3, 0.4) is 0 Å². The number of nitrogens with zero attached hydrogens (tertiary/aromatic N) is 3. The standard InChI is InChI=1S/C28H32F2N4O2S/c1-17(2)14-31-22(35)15-33-23(36)16-37-25(18-7-6-8-20(30)13-18)24-26(28(3,4)5)32-34(27(24)33)21-11-9-19(29)10-12-21/h6-13,17,25H,14-16H2,1-5H3,(H,31,35)/t25-/m1/s1. The van der Waals surface area contributed by atoms with Crippen molar-refractivity contribution in [3.8, 4) is 5.69 Å². The fraction of sp³-hybridized carbons (Fsp3) is 0.393. The number of aromatic nitrogens is 2. The third-order valence-corrected chi connectivity index (χ3v) is 7.29. The van der Waals surface area contributed by atoms with Crippen LogP contribution < -0.4 is 10.2 Å². The van der Waals surface area contributed by atoms with Crippen LogP contribution in [-0.4, -0.2) is 40.4 Å². The van der Waals surface area contributed by atoms with Crippen molar-refractivity contribution in [1.82, 2.24) is 15.1 Å². The third-order valence-electron chi connectivity index (χ3n) is 6.03. The highest BCUT2D eigenvalue weighted by Gasteiger charge is 2.40. The second-order valence-electron chi connectivity index (χ2n) is 10.6. The summed E-state index contributed by atoms with van der Waals surface area (Å²) in [4.78, 5) is 27.9. The van der Waals surface area contributed by atoms with E-state index in [-0.39, 0.29) is 35.8 Å². The number of hydrogen-bond donors (Lipinski definition) is 1. The van der Waals surface area contributed by atoms with E-state index in [0.717, 1.165) is 11.3 Å². The Labute approximate surface area is 220 Å². The molecule has 0 saturated carbocycles. The molecule has 1 aromatic heterocycles. The zero-order valence-corrected chi connectivity index (χ0v) is 22.5. The molecule has 0 bridgehead atoms. The van der Waals surface area contributed by atoms with Crippen molar-refractivity contribution in [2.45, 2.75) is 45.3 Å². The quantitative estimate of drug-likeness (QED) is 0.468. The third kappa shape index (κ3) is 5.87. The number of benzene rings is 2. The zero-order valence-electron chi connectivity index (χ0n) is 21.7. The first kappa shape index (κ1) is 26.9. The SMILES string of the molecule is CC(C)CNC(=O)CN1C(=O)CS[C@H](c2cccc(F)c2)c2c(C(C)(C)C)nn(-c3ccc(F)cc3)c21. The molecule has 1 N–H and O–H groups in total. The molecule has 0 saturated heterocycles. The van der Waals surface area contributed by atoms with Crippen molar-refractivity contribution in [1.29, 1.82) is 0 Å². The Kier molecular flexibility index (Phi) is 7.73. The smallest absolute Gasteiger partial charge is 0.240 e. The number of thioether (sulfide) groups is 1.